The third-order valence-corrected chi connectivity index (χ3v) is 4.66. The number of piperazine rings is 1. The maximum atomic E-state index is 5.38. The van der Waals surface area contributed by atoms with Gasteiger partial charge in [0.1, 0.15) is 5.82 Å². The van der Waals surface area contributed by atoms with Crippen LogP contribution in [0.4, 0.5) is 5.82 Å². The number of anilines is 1. The smallest absolute Gasteiger partial charge is 0.194 e. The van der Waals surface area contributed by atoms with E-state index in [9.17, 15) is 0 Å². The van der Waals surface area contributed by atoms with Gasteiger partial charge in [0.15, 0.2) is 17.5 Å². The number of ether oxygens (including phenoxy) is 2. The van der Waals surface area contributed by atoms with Crippen molar-refractivity contribution in [3.63, 3.8) is 0 Å². The Morgan fingerprint density at radius 2 is 1.85 bits per heavy atom. The molecule has 1 fully saturated rings. The normalized spacial score (nSPS) is 14.9. The van der Waals surface area contributed by atoms with E-state index in [1.165, 1.54) is 0 Å². The van der Waals surface area contributed by atoms with Gasteiger partial charge in [-0.2, -0.15) is 0 Å². The fourth-order valence-electron chi connectivity index (χ4n) is 3.19. The van der Waals surface area contributed by atoms with Gasteiger partial charge in [0.05, 0.1) is 14.2 Å². The van der Waals surface area contributed by atoms with Gasteiger partial charge in [-0.15, -0.1) is 0 Å². The van der Waals surface area contributed by atoms with Crippen LogP contribution in [0, 0.1) is 0 Å². The van der Waals surface area contributed by atoms with E-state index in [0.717, 1.165) is 55.0 Å². The zero-order valence-electron chi connectivity index (χ0n) is 16.2. The Morgan fingerprint density at radius 3 is 2.48 bits per heavy atom. The highest BCUT2D eigenvalue weighted by molar-refractivity contribution is 5.80. The highest BCUT2D eigenvalue weighted by Gasteiger charge is 2.20. The lowest BCUT2D eigenvalue weighted by Crippen LogP contribution is -2.52. The minimum Gasteiger partial charge on any atom is -0.493 e. The molecule has 0 spiro atoms. The first-order valence-electron chi connectivity index (χ1n) is 9.07. The summed E-state index contributed by atoms with van der Waals surface area (Å²) in [6.45, 7) is 4.33. The fraction of sp³-hybridized carbons (Fsp3) is 0.400. The van der Waals surface area contributed by atoms with Crippen molar-refractivity contribution in [2.24, 2.45) is 4.99 Å². The highest BCUT2D eigenvalue weighted by atomic mass is 16.5. The molecule has 0 amide bonds. The van der Waals surface area contributed by atoms with Crippen LogP contribution in [0.5, 0.6) is 11.5 Å². The van der Waals surface area contributed by atoms with Gasteiger partial charge in [-0.1, -0.05) is 12.1 Å². The highest BCUT2D eigenvalue weighted by Crippen LogP contribution is 2.27. The van der Waals surface area contributed by atoms with Gasteiger partial charge in [0, 0.05) is 46.0 Å². The molecule has 1 aromatic heterocycles. The van der Waals surface area contributed by atoms with Crippen molar-refractivity contribution in [1.29, 1.82) is 0 Å². The molecule has 0 aliphatic carbocycles. The van der Waals surface area contributed by atoms with Gasteiger partial charge in [-0.25, -0.2) is 4.98 Å². The van der Waals surface area contributed by atoms with Gasteiger partial charge in [0.25, 0.3) is 0 Å². The van der Waals surface area contributed by atoms with Crippen molar-refractivity contribution in [3.05, 3.63) is 48.2 Å². The van der Waals surface area contributed by atoms with Crippen molar-refractivity contribution < 1.29 is 9.47 Å². The Bertz CT molecular complexity index is 758. The molecule has 1 aromatic carbocycles. The first-order chi connectivity index (χ1) is 13.2. The van der Waals surface area contributed by atoms with Crippen LogP contribution in [0.25, 0.3) is 0 Å². The third-order valence-electron chi connectivity index (χ3n) is 4.66. The predicted molar refractivity (Wildman–Crippen MR) is 108 cm³/mol. The summed E-state index contributed by atoms with van der Waals surface area (Å²) in [5, 5.41) is 3.44. The second-order valence-electron chi connectivity index (χ2n) is 6.25. The number of rotatable bonds is 5. The SMILES string of the molecule is CN=C(NCc1ccc(OC)c(OC)c1)N1CCN(c2ccccn2)CC1. The summed E-state index contributed by atoms with van der Waals surface area (Å²) in [6.07, 6.45) is 1.84. The fourth-order valence-corrected chi connectivity index (χ4v) is 3.19. The molecule has 2 aromatic rings. The molecule has 7 heteroatoms. The largest absolute Gasteiger partial charge is 0.493 e. The number of aliphatic imine (C=N–C) groups is 1. The molecular weight excluding hydrogens is 342 g/mol. The number of methoxy groups -OCH3 is 2. The minimum atomic E-state index is 0.674. The van der Waals surface area contributed by atoms with Crippen molar-refractivity contribution >= 4 is 11.8 Å². The standard InChI is InChI=1S/C20H27N5O2/c1-21-20(23-15-16-7-8-17(26-2)18(14-16)27-3)25-12-10-24(11-13-25)19-6-4-5-9-22-19/h4-9,14H,10-13,15H2,1-3H3,(H,21,23). The Labute approximate surface area is 160 Å². The van der Waals surface area contributed by atoms with E-state index in [1.54, 1.807) is 14.2 Å². The lowest BCUT2D eigenvalue weighted by Gasteiger charge is -2.37. The number of hydrogen-bond acceptors (Lipinski definition) is 5. The molecule has 1 aliphatic heterocycles. The molecule has 1 aliphatic rings. The predicted octanol–water partition coefficient (Wildman–Crippen LogP) is 2.00. The van der Waals surface area contributed by atoms with Crippen LogP contribution in [0.2, 0.25) is 0 Å². The van der Waals surface area contributed by atoms with Gasteiger partial charge in [-0.3, -0.25) is 4.99 Å². The van der Waals surface area contributed by atoms with E-state index >= 15 is 0 Å². The topological polar surface area (TPSA) is 62.2 Å². The van der Waals surface area contributed by atoms with Crippen molar-refractivity contribution in [2.75, 3.05) is 52.3 Å². The van der Waals surface area contributed by atoms with Crippen LogP contribution in [0.1, 0.15) is 5.56 Å². The number of hydrogen-bond donors (Lipinski definition) is 1. The summed E-state index contributed by atoms with van der Waals surface area (Å²) in [5.74, 6) is 3.41. The molecule has 7 nitrogen and oxygen atoms in total. The van der Waals surface area contributed by atoms with Crippen molar-refractivity contribution in [2.45, 2.75) is 6.54 Å². The first-order valence-corrected chi connectivity index (χ1v) is 9.07. The number of aromatic nitrogens is 1. The molecule has 144 valence electrons. The zero-order chi connectivity index (χ0) is 19.1. The molecule has 0 bridgehead atoms. The van der Waals surface area contributed by atoms with Gasteiger partial charge >= 0.3 is 0 Å². The average molecular weight is 369 g/mol. The molecule has 0 saturated carbocycles. The summed E-state index contributed by atoms with van der Waals surface area (Å²) in [6, 6.07) is 12.0. The van der Waals surface area contributed by atoms with Crippen LogP contribution in [-0.4, -0.2) is 63.3 Å². The molecule has 0 unspecified atom stereocenters. The quantitative estimate of drug-likeness (QED) is 0.643. The van der Waals surface area contributed by atoms with Crippen LogP contribution < -0.4 is 19.7 Å². The Morgan fingerprint density at radius 1 is 1.07 bits per heavy atom. The Hall–Kier alpha value is -2.96. The Balaban J connectivity index is 1.56. The molecule has 27 heavy (non-hydrogen) atoms. The second-order valence-corrected chi connectivity index (χ2v) is 6.25. The van der Waals surface area contributed by atoms with Crippen molar-refractivity contribution in [3.8, 4) is 11.5 Å². The molecule has 3 rings (SSSR count). The molecular formula is C20H27N5O2. The van der Waals surface area contributed by atoms with E-state index in [-0.39, 0.29) is 0 Å². The van der Waals surface area contributed by atoms with E-state index in [0.29, 0.717) is 6.54 Å². The summed E-state index contributed by atoms with van der Waals surface area (Å²) in [5.41, 5.74) is 1.11. The maximum absolute atomic E-state index is 5.38. The lowest BCUT2D eigenvalue weighted by molar-refractivity contribution is 0.354. The van der Waals surface area contributed by atoms with E-state index in [2.05, 4.69) is 31.2 Å². The summed E-state index contributed by atoms with van der Waals surface area (Å²) < 4.78 is 10.7. The molecule has 2 heterocycles. The Kier molecular flexibility index (Phi) is 6.35. The van der Waals surface area contributed by atoms with Crippen LogP contribution in [0.15, 0.2) is 47.6 Å². The van der Waals surface area contributed by atoms with Gasteiger partial charge in [0.2, 0.25) is 0 Å². The van der Waals surface area contributed by atoms with E-state index in [1.807, 2.05) is 43.6 Å². The minimum absolute atomic E-state index is 0.674. The molecule has 1 saturated heterocycles. The third kappa shape index (κ3) is 4.61. The second kappa shape index (κ2) is 9.12. The first kappa shape index (κ1) is 18.8. The molecule has 0 atom stereocenters. The zero-order valence-corrected chi connectivity index (χ0v) is 16.2. The number of pyridine rings is 1. The summed E-state index contributed by atoms with van der Waals surface area (Å²) in [7, 11) is 5.11. The van der Waals surface area contributed by atoms with Gasteiger partial charge < -0.3 is 24.6 Å². The average Bonchev–Trinajstić information content (AvgIpc) is 2.75. The summed E-state index contributed by atoms with van der Waals surface area (Å²) >= 11 is 0. The number of benzene rings is 1. The van der Waals surface area contributed by atoms with Crippen LogP contribution >= 0.6 is 0 Å². The molecule has 0 radical (unpaired) electrons. The van der Waals surface area contributed by atoms with E-state index in [4.69, 9.17) is 9.47 Å². The number of nitrogens with zero attached hydrogens (tertiary/aromatic N) is 4. The monoisotopic (exact) mass is 369 g/mol. The summed E-state index contributed by atoms with van der Waals surface area (Å²) in [4.78, 5) is 13.5. The van der Waals surface area contributed by atoms with E-state index < -0.39 is 0 Å². The number of guanidine groups is 1. The molecule has 1 N–H and O–H groups in total. The number of nitrogens with one attached hydrogen (secondary N) is 1. The van der Waals surface area contributed by atoms with Crippen LogP contribution in [-0.2, 0) is 6.54 Å². The van der Waals surface area contributed by atoms with Crippen molar-refractivity contribution in [1.82, 2.24) is 15.2 Å². The van der Waals surface area contributed by atoms with Gasteiger partial charge in [-0.05, 0) is 29.8 Å². The van der Waals surface area contributed by atoms with Crippen LogP contribution in [0.3, 0.4) is 0 Å². The lowest BCUT2D eigenvalue weighted by atomic mass is 10.2. The maximum Gasteiger partial charge on any atom is 0.194 e.